The summed E-state index contributed by atoms with van der Waals surface area (Å²) < 4.78 is 5.07. The van der Waals surface area contributed by atoms with Gasteiger partial charge in [0.2, 0.25) is 5.91 Å². The van der Waals surface area contributed by atoms with E-state index < -0.39 is 11.9 Å². The molecule has 0 radical (unpaired) electrons. The first-order valence-electron chi connectivity index (χ1n) is 5.03. The van der Waals surface area contributed by atoms with Crippen LogP contribution in [0.5, 0.6) is 0 Å². The number of hydrogen-bond donors (Lipinski definition) is 1. The molecular weight excluding hydrogens is 198 g/mol. The highest BCUT2D eigenvalue weighted by molar-refractivity contribution is 5.78. The van der Waals surface area contributed by atoms with Gasteiger partial charge in [0.1, 0.15) is 6.61 Å². The van der Waals surface area contributed by atoms with Crippen molar-refractivity contribution in [2.75, 3.05) is 26.8 Å². The van der Waals surface area contributed by atoms with Crippen molar-refractivity contribution >= 4 is 11.9 Å². The first kappa shape index (κ1) is 13.9. The Hall–Kier alpha value is -1.10. The van der Waals surface area contributed by atoms with Gasteiger partial charge in [-0.15, -0.1) is 0 Å². The van der Waals surface area contributed by atoms with Crippen molar-refractivity contribution in [3.8, 4) is 0 Å². The second kappa shape index (κ2) is 7.23. The molecule has 0 saturated heterocycles. The average molecular weight is 217 g/mol. The number of carboxylic acids is 1. The predicted octanol–water partition coefficient (Wildman–Crippen LogP) is 0.592. The van der Waals surface area contributed by atoms with E-state index in [0.717, 1.165) is 6.42 Å². The third kappa shape index (κ3) is 6.06. The number of likely N-dealkylation sites (N-methyl/N-ethyl adjacent to an activating group) is 1. The molecule has 0 bridgehead atoms. The summed E-state index contributed by atoms with van der Waals surface area (Å²) in [6.07, 6.45) is 0.864. The molecule has 1 unspecified atom stereocenters. The van der Waals surface area contributed by atoms with Crippen molar-refractivity contribution in [2.45, 2.75) is 20.3 Å². The van der Waals surface area contributed by atoms with Gasteiger partial charge in [-0.3, -0.25) is 9.59 Å². The molecule has 0 spiro atoms. The lowest BCUT2D eigenvalue weighted by molar-refractivity contribution is -0.143. The molecule has 0 aliphatic rings. The molecule has 0 fully saturated rings. The number of amides is 1. The maximum absolute atomic E-state index is 11.4. The largest absolute Gasteiger partial charge is 0.481 e. The Morgan fingerprint density at radius 2 is 2.07 bits per heavy atom. The quantitative estimate of drug-likeness (QED) is 0.634. The third-order valence-corrected chi connectivity index (χ3v) is 1.97. The fraction of sp³-hybridized carbons (Fsp3) is 0.800. The molecular formula is C10H19NO4. The lowest BCUT2D eigenvalue weighted by atomic mass is 10.2. The molecule has 0 aromatic carbocycles. The minimum absolute atomic E-state index is 0.0245. The Bertz CT molecular complexity index is 217. The van der Waals surface area contributed by atoms with E-state index in [0.29, 0.717) is 6.61 Å². The Labute approximate surface area is 90.0 Å². The maximum Gasteiger partial charge on any atom is 0.308 e. The average Bonchev–Trinajstić information content (AvgIpc) is 2.17. The van der Waals surface area contributed by atoms with Gasteiger partial charge in [0.15, 0.2) is 0 Å². The topological polar surface area (TPSA) is 66.8 Å². The Morgan fingerprint density at radius 3 is 2.53 bits per heavy atom. The predicted molar refractivity (Wildman–Crippen MR) is 55.5 cm³/mol. The van der Waals surface area contributed by atoms with Crippen LogP contribution in [-0.2, 0) is 14.3 Å². The van der Waals surface area contributed by atoms with E-state index in [1.54, 1.807) is 14.0 Å². The van der Waals surface area contributed by atoms with Crippen LogP contribution in [-0.4, -0.2) is 48.7 Å². The third-order valence-electron chi connectivity index (χ3n) is 1.97. The highest BCUT2D eigenvalue weighted by Crippen LogP contribution is 1.98. The van der Waals surface area contributed by atoms with E-state index in [1.165, 1.54) is 4.90 Å². The first-order valence-corrected chi connectivity index (χ1v) is 5.03. The highest BCUT2D eigenvalue weighted by atomic mass is 16.5. The zero-order chi connectivity index (χ0) is 11.8. The molecule has 88 valence electrons. The summed E-state index contributed by atoms with van der Waals surface area (Å²) in [5.41, 5.74) is 0. The number of carbonyl (C=O) groups is 2. The van der Waals surface area contributed by atoms with Crippen LogP contribution in [0.25, 0.3) is 0 Å². The monoisotopic (exact) mass is 217 g/mol. The van der Waals surface area contributed by atoms with E-state index in [2.05, 4.69) is 0 Å². The van der Waals surface area contributed by atoms with Crippen LogP contribution >= 0.6 is 0 Å². The molecule has 1 atom stereocenters. The maximum atomic E-state index is 11.4. The van der Waals surface area contributed by atoms with Gasteiger partial charge in [-0.05, 0) is 6.42 Å². The van der Waals surface area contributed by atoms with Crippen LogP contribution in [0.15, 0.2) is 0 Å². The molecule has 5 nitrogen and oxygen atoms in total. The van der Waals surface area contributed by atoms with Gasteiger partial charge in [-0.25, -0.2) is 0 Å². The molecule has 15 heavy (non-hydrogen) atoms. The molecule has 1 amide bonds. The number of aliphatic carboxylic acids is 1. The normalized spacial score (nSPS) is 12.2. The van der Waals surface area contributed by atoms with Crippen molar-refractivity contribution in [1.29, 1.82) is 0 Å². The van der Waals surface area contributed by atoms with Gasteiger partial charge >= 0.3 is 5.97 Å². The van der Waals surface area contributed by atoms with Gasteiger partial charge in [0.05, 0.1) is 5.92 Å². The van der Waals surface area contributed by atoms with Crippen molar-refractivity contribution in [1.82, 2.24) is 4.90 Å². The van der Waals surface area contributed by atoms with Crippen LogP contribution in [0.3, 0.4) is 0 Å². The van der Waals surface area contributed by atoms with Crippen molar-refractivity contribution < 1.29 is 19.4 Å². The summed E-state index contributed by atoms with van der Waals surface area (Å²) in [6.45, 7) is 4.31. The molecule has 5 heteroatoms. The first-order chi connectivity index (χ1) is 6.99. The van der Waals surface area contributed by atoms with Gasteiger partial charge in [-0.2, -0.15) is 0 Å². The number of ether oxygens (including phenoxy) is 1. The number of carbonyl (C=O) groups excluding carboxylic acids is 1. The number of carboxylic acid groups (broad SMARTS) is 1. The van der Waals surface area contributed by atoms with Crippen LogP contribution in [0.1, 0.15) is 20.3 Å². The Balaban J connectivity index is 3.83. The molecule has 0 heterocycles. The fourth-order valence-electron chi connectivity index (χ4n) is 1.00. The van der Waals surface area contributed by atoms with Crippen molar-refractivity contribution in [2.24, 2.45) is 5.92 Å². The Kier molecular flexibility index (Phi) is 6.70. The molecule has 1 N–H and O–H groups in total. The smallest absolute Gasteiger partial charge is 0.308 e. The summed E-state index contributed by atoms with van der Waals surface area (Å²) in [6, 6.07) is 0. The summed E-state index contributed by atoms with van der Waals surface area (Å²) >= 11 is 0. The van der Waals surface area contributed by atoms with Gasteiger partial charge in [0.25, 0.3) is 0 Å². The lowest BCUT2D eigenvalue weighted by Crippen LogP contribution is -2.36. The van der Waals surface area contributed by atoms with Crippen molar-refractivity contribution in [3.05, 3.63) is 0 Å². The van der Waals surface area contributed by atoms with Crippen LogP contribution in [0, 0.1) is 5.92 Å². The van der Waals surface area contributed by atoms with Gasteiger partial charge in [-0.1, -0.05) is 13.8 Å². The van der Waals surface area contributed by atoms with E-state index in [-0.39, 0.29) is 19.1 Å². The van der Waals surface area contributed by atoms with Crippen LogP contribution in [0.4, 0.5) is 0 Å². The van der Waals surface area contributed by atoms with E-state index >= 15 is 0 Å². The number of nitrogens with zero attached hydrogens (tertiary/aromatic N) is 1. The molecule has 0 aromatic rings. The Morgan fingerprint density at radius 1 is 1.47 bits per heavy atom. The number of hydrogen-bond acceptors (Lipinski definition) is 3. The van der Waals surface area contributed by atoms with Crippen LogP contribution in [0.2, 0.25) is 0 Å². The van der Waals surface area contributed by atoms with Gasteiger partial charge in [0, 0.05) is 20.2 Å². The molecule has 0 aliphatic carbocycles. The summed E-state index contributed by atoms with van der Waals surface area (Å²) in [5.74, 6) is -1.63. The lowest BCUT2D eigenvalue weighted by Gasteiger charge is -2.19. The van der Waals surface area contributed by atoms with Crippen LogP contribution < -0.4 is 0 Å². The number of rotatable bonds is 7. The standard InChI is InChI=1S/C10H19NO4/c1-4-5-15-7-9(12)11(3)6-8(2)10(13)14/h8H,4-7H2,1-3H3,(H,13,14). The molecule has 0 aliphatic heterocycles. The summed E-state index contributed by atoms with van der Waals surface area (Å²) in [4.78, 5) is 23.3. The molecule has 0 rings (SSSR count). The zero-order valence-electron chi connectivity index (χ0n) is 9.52. The second-order valence-electron chi connectivity index (χ2n) is 3.57. The summed E-state index contributed by atoms with van der Waals surface area (Å²) in [7, 11) is 1.58. The highest BCUT2D eigenvalue weighted by Gasteiger charge is 2.16. The second-order valence-corrected chi connectivity index (χ2v) is 3.57. The summed E-state index contributed by atoms with van der Waals surface area (Å²) in [5, 5.41) is 8.66. The van der Waals surface area contributed by atoms with E-state index in [4.69, 9.17) is 9.84 Å². The van der Waals surface area contributed by atoms with Crippen molar-refractivity contribution in [3.63, 3.8) is 0 Å². The zero-order valence-corrected chi connectivity index (χ0v) is 9.52. The SMILES string of the molecule is CCCOCC(=O)N(C)CC(C)C(=O)O. The minimum atomic E-state index is -0.899. The van der Waals surface area contributed by atoms with Gasteiger partial charge < -0.3 is 14.7 Å². The fourth-order valence-corrected chi connectivity index (χ4v) is 1.00. The molecule has 0 saturated carbocycles. The van der Waals surface area contributed by atoms with E-state index in [9.17, 15) is 9.59 Å². The van der Waals surface area contributed by atoms with E-state index in [1.807, 2.05) is 6.92 Å². The minimum Gasteiger partial charge on any atom is -0.481 e. The molecule has 0 aromatic heterocycles.